The quantitative estimate of drug-likeness (QED) is 0.681. The van der Waals surface area contributed by atoms with E-state index in [-0.39, 0.29) is 11.0 Å². The van der Waals surface area contributed by atoms with Crippen LogP contribution in [0.2, 0.25) is 0 Å². The molecule has 80 valence electrons. The first kappa shape index (κ1) is 11.3. The molecule has 0 amide bonds. The maximum absolute atomic E-state index is 4.61. The summed E-state index contributed by atoms with van der Waals surface area (Å²) in [6.45, 7) is 13.1. The number of aliphatic imine (C=N–C) groups is 1. The van der Waals surface area contributed by atoms with Crippen LogP contribution in [-0.4, -0.2) is 11.3 Å². The molecule has 0 unspecified atom stereocenters. The summed E-state index contributed by atoms with van der Waals surface area (Å²) in [5.74, 6) is 1.03. The number of hydrogen-bond acceptors (Lipinski definition) is 2. The van der Waals surface area contributed by atoms with E-state index < -0.39 is 0 Å². The zero-order chi connectivity index (χ0) is 11.0. The first-order valence-corrected chi connectivity index (χ1v) is 5.25. The monoisotopic (exact) mass is 194 g/mol. The number of nitrogens with one attached hydrogen (secondary N) is 1. The second-order valence-electron chi connectivity index (χ2n) is 5.98. The zero-order valence-corrected chi connectivity index (χ0v) is 10.2. The van der Waals surface area contributed by atoms with E-state index in [9.17, 15) is 0 Å². The van der Waals surface area contributed by atoms with Gasteiger partial charge in [0.15, 0.2) is 0 Å². The molecule has 0 atom stereocenters. The molecule has 2 nitrogen and oxygen atoms in total. The van der Waals surface area contributed by atoms with Crippen LogP contribution < -0.4 is 5.32 Å². The first-order valence-electron chi connectivity index (χ1n) is 5.25. The van der Waals surface area contributed by atoms with Crippen LogP contribution in [0.5, 0.6) is 0 Å². The molecule has 0 aromatic carbocycles. The zero-order valence-electron chi connectivity index (χ0n) is 10.2. The average molecular weight is 194 g/mol. The van der Waals surface area contributed by atoms with Crippen molar-refractivity contribution in [2.45, 2.75) is 53.5 Å². The van der Waals surface area contributed by atoms with Gasteiger partial charge in [-0.1, -0.05) is 20.8 Å². The summed E-state index contributed by atoms with van der Waals surface area (Å²) >= 11 is 0. The van der Waals surface area contributed by atoms with Crippen LogP contribution in [-0.2, 0) is 0 Å². The highest BCUT2D eigenvalue weighted by atomic mass is 15.1. The van der Waals surface area contributed by atoms with Gasteiger partial charge < -0.3 is 5.32 Å². The van der Waals surface area contributed by atoms with Gasteiger partial charge in [-0.25, -0.2) is 4.99 Å². The summed E-state index contributed by atoms with van der Waals surface area (Å²) in [4.78, 5) is 4.61. The van der Waals surface area contributed by atoms with E-state index in [1.165, 1.54) is 5.71 Å². The topological polar surface area (TPSA) is 24.4 Å². The molecule has 1 rings (SSSR count). The summed E-state index contributed by atoms with van der Waals surface area (Å²) in [6.07, 6.45) is 3.16. The van der Waals surface area contributed by atoms with Gasteiger partial charge in [0.2, 0.25) is 0 Å². The normalized spacial score (nSPS) is 17.9. The van der Waals surface area contributed by atoms with Crippen molar-refractivity contribution in [2.75, 3.05) is 0 Å². The second kappa shape index (κ2) is 3.41. The Morgan fingerprint density at radius 2 is 1.71 bits per heavy atom. The molecule has 0 aromatic heterocycles. The third kappa shape index (κ3) is 3.17. The Morgan fingerprint density at radius 3 is 2.07 bits per heavy atom. The summed E-state index contributed by atoms with van der Waals surface area (Å²) in [7, 11) is 0. The molecule has 1 N–H and O–H groups in total. The molecule has 1 aliphatic rings. The molecule has 14 heavy (non-hydrogen) atoms. The van der Waals surface area contributed by atoms with Gasteiger partial charge in [-0.2, -0.15) is 0 Å². The summed E-state index contributed by atoms with van der Waals surface area (Å²) < 4.78 is 0. The fourth-order valence-corrected chi connectivity index (χ4v) is 1.37. The Labute approximate surface area is 87.5 Å². The molecule has 0 bridgehead atoms. The smallest absolute Gasteiger partial charge is 0.122 e. The van der Waals surface area contributed by atoms with Crippen LogP contribution in [0.4, 0.5) is 0 Å². The van der Waals surface area contributed by atoms with Gasteiger partial charge in [0.05, 0.1) is 0 Å². The minimum Gasteiger partial charge on any atom is -0.366 e. The SMILES string of the molecule is CC(C)(C)NC1=CCC(C(C)(C)C)=N1. The van der Waals surface area contributed by atoms with Crippen molar-refractivity contribution in [1.82, 2.24) is 5.32 Å². The van der Waals surface area contributed by atoms with Crippen molar-refractivity contribution in [3.05, 3.63) is 11.9 Å². The number of rotatable bonds is 1. The van der Waals surface area contributed by atoms with Gasteiger partial charge >= 0.3 is 0 Å². The van der Waals surface area contributed by atoms with Gasteiger partial charge in [-0.15, -0.1) is 0 Å². The molecule has 0 aliphatic carbocycles. The fourth-order valence-electron chi connectivity index (χ4n) is 1.37. The van der Waals surface area contributed by atoms with Crippen molar-refractivity contribution in [1.29, 1.82) is 0 Å². The highest BCUT2D eigenvalue weighted by Crippen LogP contribution is 2.24. The molecule has 1 heterocycles. The standard InChI is InChI=1S/C12H22N2/c1-11(2,3)9-7-8-10(13-9)14-12(4,5)6/h8,14H,7H2,1-6H3. The van der Waals surface area contributed by atoms with E-state index in [1.54, 1.807) is 0 Å². The van der Waals surface area contributed by atoms with E-state index in [2.05, 4.69) is 57.9 Å². The number of allylic oxidation sites excluding steroid dienone is 1. The Bertz CT molecular complexity index is 272. The molecule has 0 aromatic rings. The second-order valence-corrected chi connectivity index (χ2v) is 5.98. The lowest BCUT2D eigenvalue weighted by molar-refractivity contribution is 0.471. The molecule has 1 aliphatic heterocycles. The van der Waals surface area contributed by atoms with Crippen molar-refractivity contribution >= 4 is 5.71 Å². The molecule has 0 fully saturated rings. The Balaban J connectivity index is 2.66. The molecule has 0 spiro atoms. The van der Waals surface area contributed by atoms with Gasteiger partial charge in [-0.3, -0.25) is 0 Å². The summed E-state index contributed by atoms with van der Waals surface area (Å²) in [6, 6.07) is 0. The van der Waals surface area contributed by atoms with Crippen molar-refractivity contribution < 1.29 is 0 Å². The highest BCUT2D eigenvalue weighted by Gasteiger charge is 2.23. The van der Waals surface area contributed by atoms with Gasteiger partial charge in [-0.05, 0) is 26.8 Å². The number of hydrogen-bond donors (Lipinski definition) is 1. The molecule has 0 saturated carbocycles. The van der Waals surface area contributed by atoms with Crippen LogP contribution in [0.3, 0.4) is 0 Å². The maximum Gasteiger partial charge on any atom is 0.122 e. The lowest BCUT2D eigenvalue weighted by atomic mass is 9.89. The summed E-state index contributed by atoms with van der Waals surface area (Å²) in [5, 5.41) is 3.39. The molecular weight excluding hydrogens is 172 g/mol. The van der Waals surface area contributed by atoms with E-state index in [0.29, 0.717) is 0 Å². The Morgan fingerprint density at radius 1 is 1.14 bits per heavy atom. The third-order valence-corrected chi connectivity index (χ3v) is 2.11. The molecule has 0 radical (unpaired) electrons. The van der Waals surface area contributed by atoms with Crippen molar-refractivity contribution in [2.24, 2.45) is 10.4 Å². The van der Waals surface area contributed by atoms with Crippen LogP contribution in [0.1, 0.15) is 48.0 Å². The Kier molecular flexibility index (Phi) is 2.75. The van der Waals surface area contributed by atoms with Crippen LogP contribution >= 0.6 is 0 Å². The largest absolute Gasteiger partial charge is 0.366 e. The minimum atomic E-state index is 0.0999. The summed E-state index contributed by atoms with van der Waals surface area (Å²) in [5.41, 5.74) is 1.56. The van der Waals surface area contributed by atoms with E-state index >= 15 is 0 Å². The average Bonchev–Trinajstić information content (AvgIpc) is 2.29. The van der Waals surface area contributed by atoms with Gasteiger partial charge in [0.25, 0.3) is 0 Å². The van der Waals surface area contributed by atoms with E-state index in [0.717, 1.165) is 12.2 Å². The van der Waals surface area contributed by atoms with Crippen molar-refractivity contribution in [3.63, 3.8) is 0 Å². The lowest BCUT2D eigenvalue weighted by Crippen LogP contribution is -2.34. The van der Waals surface area contributed by atoms with E-state index in [1.807, 2.05) is 0 Å². The predicted octanol–water partition coefficient (Wildman–Crippen LogP) is 3.11. The fraction of sp³-hybridized carbons (Fsp3) is 0.750. The van der Waals surface area contributed by atoms with Crippen LogP contribution in [0, 0.1) is 5.41 Å². The van der Waals surface area contributed by atoms with Crippen LogP contribution in [0.25, 0.3) is 0 Å². The Hall–Kier alpha value is -0.790. The molecule has 2 heteroatoms. The van der Waals surface area contributed by atoms with Gasteiger partial charge in [0, 0.05) is 23.1 Å². The van der Waals surface area contributed by atoms with Gasteiger partial charge in [0.1, 0.15) is 5.82 Å². The number of nitrogens with zero attached hydrogens (tertiary/aromatic N) is 1. The first-order chi connectivity index (χ1) is 6.18. The highest BCUT2D eigenvalue weighted by molar-refractivity contribution is 5.93. The van der Waals surface area contributed by atoms with Crippen LogP contribution in [0.15, 0.2) is 16.9 Å². The third-order valence-electron chi connectivity index (χ3n) is 2.11. The predicted molar refractivity (Wildman–Crippen MR) is 62.5 cm³/mol. The molecule has 0 saturated heterocycles. The maximum atomic E-state index is 4.61. The van der Waals surface area contributed by atoms with Crippen molar-refractivity contribution in [3.8, 4) is 0 Å². The minimum absolute atomic E-state index is 0.0999. The van der Waals surface area contributed by atoms with E-state index in [4.69, 9.17) is 0 Å². The molecular formula is C12H22N2. The lowest BCUT2D eigenvalue weighted by Gasteiger charge is -2.22.